The maximum atomic E-state index is 12.1. The fourth-order valence-electron chi connectivity index (χ4n) is 2.56. The number of hydrogen-bond donors (Lipinski definition) is 0. The van der Waals surface area contributed by atoms with Gasteiger partial charge in [0.25, 0.3) is 0 Å². The van der Waals surface area contributed by atoms with Crippen molar-refractivity contribution in [3.63, 3.8) is 0 Å². The summed E-state index contributed by atoms with van der Waals surface area (Å²) in [6.45, 7) is -0.715. The third kappa shape index (κ3) is 4.52. The molecule has 0 aliphatic rings. The summed E-state index contributed by atoms with van der Waals surface area (Å²) in [5.41, 5.74) is 0.261. The number of esters is 2. The molecule has 1 aromatic carbocycles. The van der Waals surface area contributed by atoms with Crippen molar-refractivity contribution in [1.29, 1.82) is 0 Å². The second-order valence-corrected chi connectivity index (χ2v) is 5.10. The highest BCUT2D eigenvalue weighted by atomic mass is 16.6. The molecule has 26 heavy (non-hydrogen) atoms. The second-order valence-electron chi connectivity index (χ2n) is 5.10. The quantitative estimate of drug-likeness (QED) is 0.271. The van der Waals surface area contributed by atoms with Crippen LogP contribution in [0.4, 0.5) is 0 Å². The van der Waals surface area contributed by atoms with E-state index in [2.05, 4.69) is 9.47 Å². The van der Waals surface area contributed by atoms with E-state index in [1.807, 2.05) is 0 Å². The first-order valence-electron chi connectivity index (χ1n) is 7.41. The summed E-state index contributed by atoms with van der Waals surface area (Å²) in [7, 11) is 6.32. The highest BCUT2D eigenvalue weighted by Crippen LogP contribution is 2.41. The zero-order valence-corrected chi connectivity index (χ0v) is 15.1. The predicted octanol–water partition coefficient (Wildman–Crippen LogP) is 1.03. The fourth-order valence-corrected chi connectivity index (χ4v) is 2.56. The lowest BCUT2D eigenvalue weighted by molar-refractivity contribution is -0.484. The minimum Gasteiger partial charge on any atom is -0.493 e. The highest BCUT2D eigenvalue weighted by molar-refractivity contribution is 5.96. The molecule has 0 unspecified atom stereocenters. The van der Waals surface area contributed by atoms with Crippen LogP contribution in [0.3, 0.4) is 0 Å². The fraction of sp³-hybridized carbons (Fsp3) is 0.500. The number of carbonyl (C=O) groups excluding carboxylic acids is 2. The molecule has 0 fully saturated rings. The van der Waals surface area contributed by atoms with Gasteiger partial charge in [0.15, 0.2) is 17.4 Å². The summed E-state index contributed by atoms with van der Waals surface area (Å²) < 4.78 is 24.9. The van der Waals surface area contributed by atoms with Gasteiger partial charge in [0, 0.05) is 4.92 Å². The van der Waals surface area contributed by atoms with Gasteiger partial charge in [-0.25, -0.2) is 0 Å². The van der Waals surface area contributed by atoms with E-state index in [9.17, 15) is 19.7 Å². The molecule has 0 aromatic heterocycles. The van der Waals surface area contributed by atoms with Gasteiger partial charge < -0.3 is 23.7 Å². The van der Waals surface area contributed by atoms with Crippen LogP contribution in [0.15, 0.2) is 12.1 Å². The summed E-state index contributed by atoms with van der Waals surface area (Å²) in [5, 5.41) is 11.2. The van der Waals surface area contributed by atoms with Crippen LogP contribution < -0.4 is 14.2 Å². The first kappa shape index (κ1) is 21.0. The zero-order valence-electron chi connectivity index (χ0n) is 15.1. The molecule has 144 valence electrons. The van der Waals surface area contributed by atoms with Gasteiger partial charge in [0.1, 0.15) is 0 Å². The normalized spacial score (nSPS) is 11.5. The summed E-state index contributed by atoms with van der Waals surface area (Å²) in [6.07, 6.45) is 0. The third-order valence-electron chi connectivity index (χ3n) is 3.77. The van der Waals surface area contributed by atoms with Gasteiger partial charge in [0.05, 0.1) is 41.5 Å². The van der Waals surface area contributed by atoms with Crippen molar-refractivity contribution in [3.8, 4) is 17.2 Å². The van der Waals surface area contributed by atoms with Crippen LogP contribution in [0.2, 0.25) is 0 Å². The van der Waals surface area contributed by atoms with Crippen molar-refractivity contribution >= 4 is 11.9 Å². The molecule has 1 atom stereocenters. The van der Waals surface area contributed by atoms with Crippen molar-refractivity contribution in [2.75, 3.05) is 42.1 Å². The topological polar surface area (TPSA) is 123 Å². The Hall–Kier alpha value is -3.04. The Morgan fingerprint density at radius 1 is 0.962 bits per heavy atom. The van der Waals surface area contributed by atoms with E-state index in [1.54, 1.807) is 0 Å². The van der Waals surface area contributed by atoms with Gasteiger partial charge in [0.2, 0.25) is 12.3 Å². The first-order chi connectivity index (χ1) is 12.3. The largest absolute Gasteiger partial charge is 0.493 e. The van der Waals surface area contributed by atoms with E-state index < -0.39 is 35.2 Å². The molecule has 0 heterocycles. The minimum absolute atomic E-state index is 0.226. The summed E-state index contributed by atoms with van der Waals surface area (Å²) in [6, 6.07) is 2.88. The maximum Gasteiger partial charge on any atom is 0.320 e. The van der Waals surface area contributed by atoms with Crippen molar-refractivity contribution in [2.24, 2.45) is 5.92 Å². The van der Waals surface area contributed by atoms with Crippen molar-refractivity contribution in [2.45, 2.75) is 5.92 Å². The number of carbonyl (C=O) groups is 2. The Kier molecular flexibility index (Phi) is 7.63. The Balaban J connectivity index is 3.59. The number of methoxy groups -OCH3 is 5. The molecule has 0 amide bonds. The second kappa shape index (κ2) is 9.44. The predicted molar refractivity (Wildman–Crippen MR) is 88.2 cm³/mol. The molecule has 0 saturated heterocycles. The molecule has 1 rings (SSSR count). The van der Waals surface area contributed by atoms with Crippen molar-refractivity contribution in [3.05, 3.63) is 27.8 Å². The average Bonchev–Trinajstić information content (AvgIpc) is 2.65. The number of ether oxygens (including phenoxy) is 5. The lowest BCUT2D eigenvalue weighted by Crippen LogP contribution is -2.35. The van der Waals surface area contributed by atoms with Gasteiger partial charge in [-0.2, -0.15) is 0 Å². The molecule has 0 spiro atoms. The van der Waals surface area contributed by atoms with E-state index in [0.717, 1.165) is 14.2 Å². The molecule has 0 bridgehead atoms. The SMILES string of the molecule is COC(=O)C(C(=O)OC)[C@@H](C[N+](=O)[O-])c1cc(OC)c(OC)c(OC)c1. The molecule has 10 heteroatoms. The van der Waals surface area contributed by atoms with E-state index in [-0.39, 0.29) is 22.8 Å². The number of benzene rings is 1. The number of nitrogens with zero attached hydrogens (tertiary/aromatic N) is 1. The van der Waals surface area contributed by atoms with E-state index in [1.165, 1.54) is 33.5 Å². The van der Waals surface area contributed by atoms with Gasteiger partial charge in [-0.05, 0) is 17.7 Å². The monoisotopic (exact) mass is 371 g/mol. The van der Waals surface area contributed by atoms with Crippen LogP contribution in [0, 0.1) is 16.0 Å². The maximum absolute atomic E-state index is 12.1. The molecule has 10 nitrogen and oxygen atoms in total. The van der Waals surface area contributed by atoms with E-state index in [4.69, 9.17) is 14.2 Å². The van der Waals surface area contributed by atoms with Crippen molar-refractivity contribution in [1.82, 2.24) is 0 Å². The van der Waals surface area contributed by atoms with Gasteiger partial charge in [-0.1, -0.05) is 0 Å². The minimum atomic E-state index is -1.53. The molecular formula is C16H21NO9. The summed E-state index contributed by atoms with van der Waals surface area (Å²) in [4.78, 5) is 34.7. The number of rotatable bonds is 9. The molecule has 0 N–H and O–H groups in total. The number of hydrogen-bond acceptors (Lipinski definition) is 9. The Morgan fingerprint density at radius 3 is 1.73 bits per heavy atom. The molecule has 1 aromatic rings. The van der Waals surface area contributed by atoms with Crippen LogP contribution >= 0.6 is 0 Å². The van der Waals surface area contributed by atoms with Crippen molar-refractivity contribution < 1.29 is 38.2 Å². The molecule has 0 saturated carbocycles. The van der Waals surface area contributed by atoms with Gasteiger partial charge in [-0.15, -0.1) is 0 Å². The lowest BCUT2D eigenvalue weighted by Gasteiger charge is -2.22. The molecule has 0 aliphatic carbocycles. The standard InChI is InChI=1S/C16H21NO9/c1-22-11-6-9(7-12(23-2)14(11)24-3)10(8-17(20)21)13(15(18)25-4)16(19)26-5/h6-7,10,13H,8H2,1-5H3/t10-/m0/s1. The Bertz CT molecular complexity index is 633. The molecule has 0 aliphatic heterocycles. The Morgan fingerprint density at radius 2 is 1.42 bits per heavy atom. The van der Waals surface area contributed by atoms with Gasteiger partial charge >= 0.3 is 11.9 Å². The summed E-state index contributed by atoms with van der Waals surface area (Å²) >= 11 is 0. The number of nitro groups is 1. The molecule has 0 radical (unpaired) electrons. The van der Waals surface area contributed by atoms with E-state index in [0.29, 0.717) is 0 Å². The highest BCUT2D eigenvalue weighted by Gasteiger charge is 2.41. The van der Waals surface area contributed by atoms with Crippen LogP contribution in [0.1, 0.15) is 11.5 Å². The smallest absolute Gasteiger partial charge is 0.320 e. The van der Waals surface area contributed by atoms with Crippen LogP contribution in [0.5, 0.6) is 17.2 Å². The van der Waals surface area contributed by atoms with Crippen LogP contribution in [-0.2, 0) is 19.1 Å². The Labute approximate surface area is 150 Å². The van der Waals surface area contributed by atoms with Crippen LogP contribution in [-0.4, -0.2) is 59.0 Å². The zero-order chi connectivity index (χ0) is 19.9. The van der Waals surface area contributed by atoms with E-state index >= 15 is 0 Å². The first-order valence-corrected chi connectivity index (χ1v) is 7.41. The third-order valence-corrected chi connectivity index (χ3v) is 3.77. The van der Waals surface area contributed by atoms with Gasteiger partial charge in [-0.3, -0.25) is 19.7 Å². The molecular weight excluding hydrogens is 350 g/mol. The lowest BCUT2D eigenvalue weighted by atomic mass is 9.85. The summed E-state index contributed by atoms with van der Waals surface area (Å²) in [5.74, 6) is -3.87. The average molecular weight is 371 g/mol. The van der Waals surface area contributed by atoms with Crippen LogP contribution in [0.25, 0.3) is 0 Å².